The molecular weight excluding hydrogens is 467 g/mol. The summed E-state index contributed by atoms with van der Waals surface area (Å²) in [5.41, 5.74) is 5.06. The van der Waals surface area contributed by atoms with Crippen LogP contribution < -0.4 is 4.74 Å². The number of halogens is 2. The Morgan fingerprint density at radius 1 is 1.21 bits per heavy atom. The molecule has 2 N–H and O–H groups in total. The Labute approximate surface area is 202 Å². The van der Waals surface area contributed by atoms with Crippen molar-refractivity contribution in [3.63, 3.8) is 0 Å². The third-order valence-corrected chi connectivity index (χ3v) is 6.24. The molecule has 1 atom stereocenters. The molecule has 9 heteroatoms. The number of aliphatic hydroxyl groups is 2. The molecule has 0 aliphatic carbocycles. The van der Waals surface area contributed by atoms with Gasteiger partial charge in [0.15, 0.2) is 6.29 Å². The Kier molecular flexibility index (Phi) is 9.76. The molecule has 1 aromatic heterocycles. The van der Waals surface area contributed by atoms with E-state index in [0.717, 1.165) is 47.7 Å². The van der Waals surface area contributed by atoms with Gasteiger partial charge in [0, 0.05) is 36.2 Å². The first kappa shape index (κ1) is 26.7. The third-order valence-electron chi connectivity index (χ3n) is 5.40. The van der Waals surface area contributed by atoms with E-state index >= 15 is 0 Å². The predicted molar refractivity (Wildman–Crippen MR) is 130 cm³/mol. The zero-order valence-corrected chi connectivity index (χ0v) is 20.3. The van der Waals surface area contributed by atoms with Crippen LogP contribution in [0.2, 0.25) is 10.0 Å². The van der Waals surface area contributed by atoms with Crippen molar-refractivity contribution in [2.24, 2.45) is 0 Å². The molecule has 0 unspecified atom stereocenters. The van der Waals surface area contributed by atoms with Crippen molar-refractivity contribution >= 4 is 46.7 Å². The van der Waals surface area contributed by atoms with Crippen molar-refractivity contribution in [3.8, 4) is 17.0 Å². The summed E-state index contributed by atoms with van der Waals surface area (Å²) in [7, 11) is 4.64. The van der Waals surface area contributed by atoms with E-state index in [1.807, 2.05) is 24.3 Å². The minimum atomic E-state index is -0.361. The molecule has 0 saturated carbocycles. The van der Waals surface area contributed by atoms with Gasteiger partial charge in [0.25, 0.3) is 0 Å². The quantitative estimate of drug-likeness (QED) is 0.522. The molecule has 0 amide bonds. The van der Waals surface area contributed by atoms with Crippen molar-refractivity contribution < 1.29 is 24.5 Å². The van der Waals surface area contributed by atoms with Crippen LogP contribution in [0.3, 0.4) is 0 Å². The fraction of sp³-hybridized carbons (Fsp3) is 0.292. The average molecular weight is 493 g/mol. The second-order valence-corrected chi connectivity index (χ2v) is 7.86. The molecular formula is C24H26Cl2N2O5. The molecule has 0 spiro atoms. The van der Waals surface area contributed by atoms with Gasteiger partial charge in [0.2, 0.25) is 0 Å². The van der Waals surface area contributed by atoms with Crippen LogP contribution in [0.4, 0.5) is 0 Å². The van der Waals surface area contributed by atoms with Gasteiger partial charge in [-0.3, -0.25) is 9.69 Å². The fourth-order valence-corrected chi connectivity index (χ4v) is 4.27. The molecule has 0 bridgehead atoms. The van der Waals surface area contributed by atoms with Gasteiger partial charge in [-0.15, -0.1) is 0 Å². The van der Waals surface area contributed by atoms with E-state index in [1.54, 1.807) is 13.2 Å². The fourth-order valence-electron chi connectivity index (χ4n) is 3.81. The Bertz CT molecular complexity index is 1150. The van der Waals surface area contributed by atoms with Gasteiger partial charge in [0.1, 0.15) is 17.1 Å². The number of aldehydes is 2. The molecule has 0 fully saturated rings. The summed E-state index contributed by atoms with van der Waals surface area (Å²) in [6, 6.07) is 9.55. The lowest BCUT2D eigenvalue weighted by Crippen LogP contribution is -2.13. The number of benzene rings is 2. The van der Waals surface area contributed by atoms with Gasteiger partial charge in [-0.1, -0.05) is 47.5 Å². The monoisotopic (exact) mass is 492 g/mol. The summed E-state index contributed by atoms with van der Waals surface area (Å²) in [5, 5.41) is 16.1. The van der Waals surface area contributed by atoms with Crippen LogP contribution in [0.1, 0.15) is 34.5 Å². The Morgan fingerprint density at radius 2 is 1.85 bits per heavy atom. The Balaban J connectivity index is 0.000000582. The van der Waals surface area contributed by atoms with Crippen LogP contribution in [-0.4, -0.2) is 60.5 Å². The number of ether oxygens (including phenoxy) is 1. The second-order valence-electron chi connectivity index (χ2n) is 7.10. The summed E-state index contributed by atoms with van der Waals surface area (Å²) >= 11 is 13.0. The summed E-state index contributed by atoms with van der Waals surface area (Å²) in [5.74, 6) is 0.529. The van der Waals surface area contributed by atoms with Crippen LogP contribution in [0, 0.1) is 0 Å². The van der Waals surface area contributed by atoms with E-state index in [-0.39, 0.29) is 12.6 Å². The lowest BCUT2D eigenvalue weighted by Gasteiger charge is -2.18. The maximum atomic E-state index is 11.6. The summed E-state index contributed by atoms with van der Waals surface area (Å²) in [6.07, 6.45) is 1.29. The third kappa shape index (κ3) is 5.18. The standard InChI is InChI=1S/C21H18Cl2N2O2.C2H4O2.CH4O/c1-11-17-14-8-16(27-3)18(22)19(23)21(14)24-20(15(17)9-25(11)2)13-7-5-4-6-12(13)10-26;3-1-2-4;1-2/h4-8,10-11H,9H2,1-3H3;1,4H,2H2;2H,1H3/t11-;;/m0../s1. The number of fused-ring (bicyclic) bond motifs is 3. The maximum Gasteiger partial charge on any atom is 0.150 e. The zero-order chi connectivity index (χ0) is 24.7. The first-order valence-electron chi connectivity index (χ1n) is 10.0. The van der Waals surface area contributed by atoms with E-state index in [0.29, 0.717) is 33.2 Å². The molecule has 3 aromatic rings. The molecule has 176 valence electrons. The number of hydrogen-bond donors (Lipinski definition) is 2. The van der Waals surface area contributed by atoms with Crippen molar-refractivity contribution in [3.05, 3.63) is 57.1 Å². The van der Waals surface area contributed by atoms with E-state index < -0.39 is 0 Å². The molecule has 33 heavy (non-hydrogen) atoms. The topological polar surface area (TPSA) is 100.0 Å². The second kappa shape index (κ2) is 12.1. The molecule has 1 aliphatic heterocycles. The van der Waals surface area contributed by atoms with Crippen molar-refractivity contribution in [1.29, 1.82) is 0 Å². The molecule has 1 aliphatic rings. The zero-order valence-electron chi connectivity index (χ0n) is 18.8. The van der Waals surface area contributed by atoms with Gasteiger partial charge < -0.3 is 19.7 Å². The van der Waals surface area contributed by atoms with Crippen LogP contribution in [0.15, 0.2) is 30.3 Å². The molecule has 7 nitrogen and oxygen atoms in total. The number of carbonyl (C=O) groups excluding carboxylic acids is 2. The van der Waals surface area contributed by atoms with Crippen LogP contribution >= 0.6 is 23.2 Å². The highest BCUT2D eigenvalue weighted by molar-refractivity contribution is 6.46. The minimum Gasteiger partial charge on any atom is -0.495 e. The molecule has 4 rings (SSSR count). The summed E-state index contributed by atoms with van der Waals surface area (Å²) in [4.78, 5) is 27.6. The number of aliphatic hydroxyl groups excluding tert-OH is 2. The van der Waals surface area contributed by atoms with E-state index in [4.69, 9.17) is 47.9 Å². The van der Waals surface area contributed by atoms with E-state index in [1.165, 1.54) is 0 Å². The highest BCUT2D eigenvalue weighted by Gasteiger charge is 2.31. The van der Waals surface area contributed by atoms with E-state index in [2.05, 4.69) is 18.9 Å². The number of methoxy groups -OCH3 is 1. The van der Waals surface area contributed by atoms with E-state index in [9.17, 15) is 4.79 Å². The Hall–Kier alpha value is -2.55. The van der Waals surface area contributed by atoms with Gasteiger partial charge >= 0.3 is 0 Å². The lowest BCUT2D eigenvalue weighted by atomic mass is 9.94. The SMILES string of the molecule is CO.COc1cc2c3c(c(-c4ccccc4C=O)nc2c(Cl)c1Cl)CN(C)[C@H]3C.O=CCO. The lowest BCUT2D eigenvalue weighted by molar-refractivity contribution is -0.110. The van der Waals surface area contributed by atoms with Crippen molar-refractivity contribution in [2.45, 2.75) is 19.5 Å². The molecule has 2 heterocycles. The first-order valence-corrected chi connectivity index (χ1v) is 10.8. The van der Waals surface area contributed by atoms with Crippen molar-refractivity contribution in [1.82, 2.24) is 9.88 Å². The molecule has 2 aromatic carbocycles. The van der Waals surface area contributed by atoms with Gasteiger partial charge in [-0.05, 0) is 31.2 Å². The number of hydrogen-bond acceptors (Lipinski definition) is 7. The van der Waals surface area contributed by atoms with Crippen molar-refractivity contribution in [2.75, 3.05) is 27.9 Å². The maximum absolute atomic E-state index is 11.6. The Morgan fingerprint density at radius 3 is 2.42 bits per heavy atom. The number of pyridine rings is 1. The van der Waals surface area contributed by atoms with Gasteiger partial charge in [-0.25, -0.2) is 4.98 Å². The predicted octanol–water partition coefficient (Wildman–Crippen LogP) is 4.32. The first-order chi connectivity index (χ1) is 15.9. The van der Waals surface area contributed by atoms with Crippen LogP contribution in [0.25, 0.3) is 22.2 Å². The highest BCUT2D eigenvalue weighted by Crippen LogP contribution is 2.46. The number of aromatic nitrogens is 1. The van der Waals surface area contributed by atoms with Gasteiger partial charge in [0.05, 0.1) is 29.9 Å². The smallest absolute Gasteiger partial charge is 0.150 e. The number of rotatable bonds is 4. The minimum absolute atomic E-state index is 0.176. The number of carbonyl (C=O) groups is 2. The number of nitrogens with zero attached hydrogens (tertiary/aromatic N) is 2. The van der Waals surface area contributed by atoms with Gasteiger partial charge in [-0.2, -0.15) is 0 Å². The summed E-state index contributed by atoms with van der Waals surface area (Å²) < 4.78 is 5.40. The highest BCUT2D eigenvalue weighted by atomic mass is 35.5. The summed E-state index contributed by atoms with van der Waals surface area (Å²) in [6.45, 7) is 2.53. The average Bonchev–Trinajstić information content (AvgIpc) is 3.16. The normalized spacial score (nSPS) is 14.5. The molecule has 0 saturated heterocycles. The van der Waals surface area contributed by atoms with Crippen LogP contribution in [-0.2, 0) is 11.3 Å². The van der Waals surface area contributed by atoms with Crippen LogP contribution in [0.5, 0.6) is 5.75 Å². The largest absolute Gasteiger partial charge is 0.495 e. The molecule has 0 radical (unpaired) electrons.